The lowest BCUT2D eigenvalue weighted by molar-refractivity contribution is -0.133. The molecular formula is C19H24BrCl2N4O7P. The third-order valence-corrected chi connectivity index (χ3v) is 6.32. The molecule has 0 saturated heterocycles. The highest BCUT2D eigenvalue weighted by molar-refractivity contribution is 9.06. The molecule has 0 bridgehead atoms. The monoisotopic (exact) mass is 600 g/mol. The molecule has 0 radical (unpaired) electrons. The predicted molar refractivity (Wildman–Crippen MR) is 132 cm³/mol. The van der Waals surface area contributed by atoms with Crippen molar-refractivity contribution in [3.8, 4) is 5.75 Å². The molecule has 5 unspecified atom stereocenters. The van der Waals surface area contributed by atoms with Crippen LogP contribution in [-0.4, -0.2) is 50.3 Å². The van der Waals surface area contributed by atoms with E-state index in [-0.39, 0.29) is 12.4 Å². The third kappa shape index (κ3) is 8.94. The molecule has 5 atom stereocenters. The number of ether oxygens (including phenoxy) is 1. The van der Waals surface area contributed by atoms with E-state index in [1.165, 1.54) is 19.2 Å². The maximum Gasteiger partial charge on any atom is 0.351 e. The van der Waals surface area contributed by atoms with Crippen molar-refractivity contribution in [3.63, 3.8) is 0 Å². The number of benzene rings is 1. The van der Waals surface area contributed by atoms with Crippen LogP contribution in [0.1, 0.15) is 20.1 Å². The van der Waals surface area contributed by atoms with Gasteiger partial charge in [0.15, 0.2) is 27.3 Å². The van der Waals surface area contributed by atoms with Gasteiger partial charge in [0.1, 0.15) is 23.7 Å². The summed E-state index contributed by atoms with van der Waals surface area (Å²) < 4.78 is 23.1. The minimum Gasteiger partial charge on any atom is -0.436 e. The Morgan fingerprint density at radius 2 is 1.97 bits per heavy atom. The molecule has 11 nitrogen and oxygen atoms in total. The summed E-state index contributed by atoms with van der Waals surface area (Å²) in [6.07, 6.45) is -1.94. The normalized spacial score (nSPS) is 15.9. The number of nitrogens with two attached hydrogens (primary N) is 1. The van der Waals surface area contributed by atoms with Crippen molar-refractivity contribution in [2.45, 2.75) is 43.2 Å². The lowest BCUT2D eigenvalue weighted by Crippen LogP contribution is -2.40. The fourth-order valence-electron chi connectivity index (χ4n) is 2.42. The second kappa shape index (κ2) is 14.2. The molecule has 2 rings (SSSR count). The molecule has 0 fully saturated rings. The Morgan fingerprint density at radius 3 is 2.53 bits per heavy atom. The van der Waals surface area contributed by atoms with Crippen molar-refractivity contribution >= 4 is 59.8 Å². The quantitative estimate of drug-likeness (QED) is 0.231. The van der Waals surface area contributed by atoms with Gasteiger partial charge in [0, 0.05) is 6.20 Å². The summed E-state index contributed by atoms with van der Waals surface area (Å²) in [5.41, 5.74) is 4.79. The molecule has 188 valence electrons. The van der Waals surface area contributed by atoms with Crippen molar-refractivity contribution in [1.82, 2.24) is 14.6 Å². The Bertz CT molecular complexity index is 973. The zero-order valence-corrected chi connectivity index (χ0v) is 22.1. The number of aliphatic hydroxyl groups excluding tert-OH is 1. The Morgan fingerprint density at radius 1 is 1.29 bits per heavy atom. The first-order chi connectivity index (χ1) is 16.1. The number of para-hydroxylation sites is 1. The van der Waals surface area contributed by atoms with Crippen molar-refractivity contribution in [1.29, 1.82) is 0 Å². The van der Waals surface area contributed by atoms with Gasteiger partial charge < -0.3 is 28.5 Å². The van der Waals surface area contributed by atoms with E-state index < -0.39 is 49.5 Å². The highest BCUT2D eigenvalue weighted by Crippen LogP contribution is 2.37. The summed E-state index contributed by atoms with van der Waals surface area (Å²) in [6, 6.07) is 9.35. The summed E-state index contributed by atoms with van der Waals surface area (Å²) in [7, 11) is -1.90. The van der Waals surface area contributed by atoms with E-state index in [0.717, 1.165) is 4.57 Å². The van der Waals surface area contributed by atoms with Crippen LogP contribution in [0.4, 0.5) is 5.82 Å². The van der Waals surface area contributed by atoms with Crippen LogP contribution in [0.15, 0.2) is 47.4 Å². The highest BCUT2D eigenvalue weighted by Gasteiger charge is 2.30. The molecule has 2 aromatic rings. The van der Waals surface area contributed by atoms with Gasteiger partial charge in [-0.2, -0.15) is 4.98 Å². The summed E-state index contributed by atoms with van der Waals surface area (Å²) in [5.74, 6) is -0.102. The average Bonchev–Trinajstić information content (AvgIpc) is 2.79. The van der Waals surface area contributed by atoms with Crippen LogP contribution in [0.2, 0.25) is 0 Å². The van der Waals surface area contributed by atoms with Gasteiger partial charge in [-0.15, -0.1) is 23.2 Å². The van der Waals surface area contributed by atoms with E-state index in [4.69, 9.17) is 42.7 Å². The van der Waals surface area contributed by atoms with Crippen LogP contribution in [0, 0.1) is 0 Å². The molecule has 0 aliphatic rings. The van der Waals surface area contributed by atoms with Crippen LogP contribution in [0.5, 0.6) is 5.75 Å². The number of nitrogen functional groups attached to an aromatic ring is 1. The second-order valence-corrected chi connectivity index (χ2v) is 9.59. The average molecular weight is 602 g/mol. The van der Waals surface area contributed by atoms with E-state index >= 15 is 0 Å². The largest absolute Gasteiger partial charge is 0.436 e. The maximum atomic E-state index is 12.2. The summed E-state index contributed by atoms with van der Waals surface area (Å²) in [4.78, 5) is 26.5. The van der Waals surface area contributed by atoms with Gasteiger partial charge in [0.2, 0.25) is 0 Å². The van der Waals surface area contributed by atoms with Crippen molar-refractivity contribution in [2.75, 3.05) is 12.3 Å². The van der Waals surface area contributed by atoms with E-state index in [9.17, 15) is 14.7 Å². The van der Waals surface area contributed by atoms with Crippen LogP contribution >= 0.6 is 48.0 Å². The van der Waals surface area contributed by atoms with E-state index in [1.807, 2.05) is 6.07 Å². The standard InChI is InChI=1S/C19H24BrCl2N4O7P/c1-11(18(28)32-20)25-34(33-13-6-4-3-5-7-13)30-10-14(12(2)27)31-17(16(21)22)26-9-8-15(23)24-19(26)29/h3-9,11-12,14,16-17,25,27H,10H2,1-2H3,(H2,23,24,29). The van der Waals surface area contributed by atoms with Gasteiger partial charge in [0.05, 0.1) is 12.7 Å². The zero-order valence-electron chi connectivity index (χ0n) is 18.1. The SMILES string of the molecule is CC(NP(OCC(OC(C(Cl)Cl)n1ccc(N)nc1=O)C(C)O)Oc1ccccc1)C(=O)OBr. The molecule has 0 amide bonds. The van der Waals surface area contributed by atoms with Gasteiger partial charge in [-0.25, -0.2) is 14.7 Å². The first kappa shape index (κ1) is 28.7. The topological polar surface area (TPSA) is 147 Å². The zero-order chi connectivity index (χ0) is 25.3. The number of halogens is 3. The minimum absolute atomic E-state index is 0.0157. The molecule has 1 aromatic heterocycles. The van der Waals surface area contributed by atoms with E-state index in [1.54, 1.807) is 31.2 Å². The number of nitrogens with zero attached hydrogens (tertiary/aromatic N) is 2. The summed E-state index contributed by atoms with van der Waals surface area (Å²) in [6.45, 7) is 2.81. The summed E-state index contributed by atoms with van der Waals surface area (Å²) in [5, 5.41) is 13.1. The maximum absolute atomic E-state index is 12.2. The molecular weight excluding hydrogens is 578 g/mol. The fraction of sp³-hybridized carbons (Fsp3) is 0.421. The first-order valence-corrected chi connectivity index (χ1v) is 12.5. The number of nitrogens with one attached hydrogen (secondary N) is 1. The van der Waals surface area contributed by atoms with Gasteiger partial charge in [-0.1, -0.05) is 18.2 Å². The molecule has 34 heavy (non-hydrogen) atoms. The van der Waals surface area contributed by atoms with Crippen LogP contribution in [0.25, 0.3) is 0 Å². The summed E-state index contributed by atoms with van der Waals surface area (Å²) >= 11 is 14.7. The number of alkyl halides is 2. The van der Waals surface area contributed by atoms with Crippen molar-refractivity contribution in [3.05, 3.63) is 53.1 Å². The molecule has 0 aliphatic heterocycles. The molecule has 0 saturated carbocycles. The highest BCUT2D eigenvalue weighted by atomic mass is 79.9. The first-order valence-electron chi connectivity index (χ1n) is 9.83. The minimum atomic E-state index is -1.90. The number of carbonyl (C=O) groups excluding carboxylic acids is 1. The van der Waals surface area contributed by atoms with Gasteiger partial charge >= 0.3 is 20.2 Å². The molecule has 0 aliphatic carbocycles. The Kier molecular flexibility index (Phi) is 12.0. The van der Waals surface area contributed by atoms with Crippen LogP contribution in [0.3, 0.4) is 0 Å². The van der Waals surface area contributed by atoms with Crippen molar-refractivity contribution in [2.24, 2.45) is 0 Å². The van der Waals surface area contributed by atoms with Gasteiger partial charge in [0.25, 0.3) is 0 Å². The number of aliphatic hydroxyl groups is 1. The van der Waals surface area contributed by atoms with Gasteiger partial charge in [-0.05, 0) is 32.0 Å². The molecule has 4 N–H and O–H groups in total. The van der Waals surface area contributed by atoms with E-state index in [0.29, 0.717) is 5.75 Å². The number of hydrogen-bond acceptors (Lipinski definition) is 10. The number of rotatable bonds is 13. The van der Waals surface area contributed by atoms with Crippen LogP contribution < -0.4 is 21.0 Å². The predicted octanol–water partition coefficient (Wildman–Crippen LogP) is 3.05. The number of aromatic nitrogens is 2. The number of hydrogen-bond donors (Lipinski definition) is 3. The molecule has 15 heteroatoms. The third-order valence-electron chi connectivity index (χ3n) is 4.21. The smallest absolute Gasteiger partial charge is 0.351 e. The second-order valence-electron chi connectivity index (χ2n) is 6.89. The lowest BCUT2D eigenvalue weighted by atomic mass is 10.2. The fourth-order valence-corrected chi connectivity index (χ4v) is 4.26. The van der Waals surface area contributed by atoms with Crippen molar-refractivity contribution < 1.29 is 27.5 Å². The number of carbonyl (C=O) groups is 1. The molecule has 1 heterocycles. The molecule has 1 aromatic carbocycles. The Hall–Kier alpha value is -1.50. The molecule has 0 spiro atoms. The van der Waals surface area contributed by atoms with E-state index in [2.05, 4.69) is 30.2 Å². The Labute approximate surface area is 215 Å². The van der Waals surface area contributed by atoms with Gasteiger partial charge in [-0.3, -0.25) is 4.57 Å². The number of anilines is 1. The lowest BCUT2D eigenvalue weighted by Gasteiger charge is -2.29. The van der Waals surface area contributed by atoms with Crippen LogP contribution in [-0.2, 0) is 17.9 Å². The Balaban J connectivity index is 2.17.